The minimum Gasteiger partial charge on any atom is -0.481 e. The molecule has 0 saturated carbocycles. The fourth-order valence-electron chi connectivity index (χ4n) is 2.23. The molecule has 0 aliphatic carbocycles. The Hall–Kier alpha value is -0.570. The Morgan fingerprint density at radius 3 is 2.47 bits per heavy atom. The first-order valence-corrected chi connectivity index (χ1v) is 6.21. The highest BCUT2D eigenvalue weighted by molar-refractivity contribution is 5.66. The molecule has 0 aromatic carbocycles. The first-order valence-electron chi connectivity index (χ1n) is 6.21. The van der Waals surface area contributed by atoms with Crippen molar-refractivity contribution in [1.82, 2.24) is 5.32 Å². The SMILES string of the molecule is O=C(O)CCCCCCC1CCNCC1. The number of nitrogens with one attached hydrogen (secondary N) is 1. The molecule has 2 N–H and O–H groups in total. The van der Waals surface area contributed by atoms with Gasteiger partial charge in [0.05, 0.1) is 0 Å². The smallest absolute Gasteiger partial charge is 0.303 e. The van der Waals surface area contributed by atoms with E-state index in [0.717, 1.165) is 18.8 Å². The van der Waals surface area contributed by atoms with E-state index in [1.54, 1.807) is 0 Å². The van der Waals surface area contributed by atoms with Gasteiger partial charge in [0.15, 0.2) is 0 Å². The zero-order chi connectivity index (χ0) is 10.9. The minimum absolute atomic E-state index is 0.341. The summed E-state index contributed by atoms with van der Waals surface area (Å²) in [7, 11) is 0. The summed E-state index contributed by atoms with van der Waals surface area (Å²) in [6.45, 7) is 2.37. The average Bonchev–Trinajstić information content (AvgIpc) is 2.24. The van der Waals surface area contributed by atoms with E-state index in [1.165, 1.54) is 45.2 Å². The number of carbonyl (C=O) groups is 1. The Bertz CT molecular complexity index is 176. The molecular formula is C12H23NO2. The molecule has 1 aliphatic heterocycles. The van der Waals surface area contributed by atoms with Gasteiger partial charge in [-0.1, -0.05) is 25.7 Å². The van der Waals surface area contributed by atoms with E-state index in [4.69, 9.17) is 5.11 Å². The first kappa shape index (κ1) is 12.5. The van der Waals surface area contributed by atoms with Crippen molar-refractivity contribution in [2.45, 2.75) is 51.4 Å². The zero-order valence-corrected chi connectivity index (χ0v) is 9.50. The van der Waals surface area contributed by atoms with E-state index >= 15 is 0 Å². The van der Waals surface area contributed by atoms with Gasteiger partial charge in [-0.25, -0.2) is 0 Å². The summed E-state index contributed by atoms with van der Waals surface area (Å²) in [5, 5.41) is 11.8. The summed E-state index contributed by atoms with van der Waals surface area (Å²) in [6, 6.07) is 0. The monoisotopic (exact) mass is 213 g/mol. The topological polar surface area (TPSA) is 49.3 Å². The van der Waals surface area contributed by atoms with Crippen LogP contribution in [-0.4, -0.2) is 24.2 Å². The average molecular weight is 213 g/mol. The molecule has 1 rings (SSSR count). The molecule has 88 valence electrons. The van der Waals surface area contributed by atoms with Crippen LogP contribution < -0.4 is 5.32 Å². The van der Waals surface area contributed by atoms with E-state index in [0.29, 0.717) is 6.42 Å². The molecule has 15 heavy (non-hydrogen) atoms. The van der Waals surface area contributed by atoms with Gasteiger partial charge in [0.2, 0.25) is 0 Å². The Morgan fingerprint density at radius 1 is 1.13 bits per heavy atom. The van der Waals surface area contributed by atoms with Crippen molar-refractivity contribution < 1.29 is 9.90 Å². The standard InChI is InChI=1S/C12H23NO2/c14-12(15)6-4-2-1-3-5-11-7-9-13-10-8-11/h11,13H,1-10H2,(H,14,15). The molecular weight excluding hydrogens is 190 g/mol. The number of aliphatic carboxylic acids is 1. The van der Waals surface area contributed by atoms with Crippen LogP contribution in [0.4, 0.5) is 0 Å². The number of carboxylic acid groups (broad SMARTS) is 1. The molecule has 1 heterocycles. The molecule has 0 bridgehead atoms. The number of piperidine rings is 1. The van der Waals surface area contributed by atoms with Crippen molar-refractivity contribution in [2.24, 2.45) is 5.92 Å². The van der Waals surface area contributed by atoms with E-state index in [1.807, 2.05) is 0 Å². The molecule has 1 fully saturated rings. The predicted molar refractivity (Wildman–Crippen MR) is 60.9 cm³/mol. The van der Waals surface area contributed by atoms with Gasteiger partial charge in [-0.05, 0) is 38.3 Å². The summed E-state index contributed by atoms with van der Waals surface area (Å²) in [5.41, 5.74) is 0. The quantitative estimate of drug-likeness (QED) is 0.638. The molecule has 1 saturated heterocycles. The lowest BCUT2D eigenvalue weighted by Crippen LogP contribution is -2.27. The molecule has 3 nitrogen and oxygen atoms in total. The lowest BCUT2D eigenvalue weighted by atomic mass is 9.92. The Balaban J connectivity index is 1.85. The van der Waals surface area contributed by atoms with Crippen LogP contribution in [0.5, 0.6) is 0 Å². The fraction of sp³-hybridized carbons (Fsp3) is 0.917. The Labute approximate surface area is 92.3 Å². The molecule has 0 atom stereocenters. The second kappa shape index (κ2) is 7.69. The third kappa shape index (κ3) is 6.50. The van der Waals surface area contributed by atoms with Gasteiger partial charge in [0, 0.05) is 6.42 Å². The normalized spacial score (nSPS) is 17.9. The van der Waals surface area contributed by atoms with Gasteiger partial charge >= 0.3 is 5.97 Å². The molecule has 3 heteroatoms. The summed E-state index contributed by atoms with van der Waals surface area (Å²) in [6.07, 6.45) is 8.76. The van der Waals surface area contributed by atoms with Gasteiger partial charge in [-0.15, -0.1) is 0 Å². The molecule has 0 radical (unpaired) electrons. The number of hydrogen-bond acceptors (Lipinski definition) is 2. The minimum atomic E-state index is -0.659. The predicted octanol–water partition coefficient (Wildman–Crippen LogP) is 2.41. The van der Waals surface area contributed by atoms with E-state index in [2.05, 4.69) is 5.32 Å². The second-order valence-corrected chi connectivity index (χ2v) is 4.54. The van der Waals surface area contributed by atoms with Crippen LogP contribution in [0, 0.1) is 5.92 Å². The van der Waals surface area contributed by atoms with Gasteiger partial charge in [0.25, 0.3) is 0 Å². The van der Waals surface area contributed by atoms with E-state index in [9.17, 15) is 4.79 Å². The fourth-order valence-corrected chi connectivity index (χ4v) is 2.23. The van der Waals surface area contributed by atoms with Crippen LogP contribution >= 0.6 is 0 Å². The van der Waals surface area contributed by atoms with Crippen LogP contribution in [0.2, 0.25) is 0 Å². The van der Waals surface area contributed by atoms with E-state index < -0.39 is 5.97 Å². The summed E-state index contributed by atoms with van der Waals surface area (Å²) in [5.74, 6) is 0.263. The Morgan fingerprint density at radius 2 is 1.80 bits per heavy atom. The maximum atomic E-state index is 10.3. The highest BCUT2D eigenvalue weighted by Gasteiger charge is 2.11. The second-order valence-electron chi connectivity index (χ2n) is 4.54. The highest BCUT2D eigenvalue weighted by Crippen LogP contribution is 2.19. The summed E-state index contributed by atoms with van der Waals surface area (Å²) >= 11 is 0. The van der Waals surface area contributed by atoms with Crippen molar-refractivity contribution in [1.29, 1.82) is 0 Å². The first-order chi connectivity index (χ1) is 7.29. The number of carboxylic acids is 1. The van der Waals surface area contributed by atoms with Gasteiger partial charge in [-0.3, -0.25) is 4.79 Å². The van der Waals surface area contributed by atoms with Crippen LogP contribution in [0.3, 0.4) is 0 Å². The molecule has 1 aliphatic rings. The van der Waals surface area contributed by atoms with Crippen LogP contribution in [0.25, 0.3) is 0 Å². The lowest BCUT2D eigenvalue weighted by molar-refractivity contribution is -0.137. The zero-order valence-electron chi connectivity index (χ0n) is 9.50. The number of unbranched alkanes of at least 4 members (excludes halogenated alkanes) is 3. The van der Waals surface area contributed by atoms with E-state index in [-0.39, 0.29) is 0 Å². The van der Waals surface area contributed by atoms with Crippen LogP contribution in [0.15, 0.2) is 0 Å². The third-order valence-corrected chi connectivity index (χ3v) is 3.21. The van der Waals surface area contributed by atoms with Crippen LogP contribution in [-0.2, 0) is 4.79 Å². The van der Waals surface area contributed by atoms with Crippen molar-refractivity contribution in [3.63, 3.8) is 0 Å². The molecule has 0 spiro atoms. The van der Waals surface area contributed by atoms with Gasteiger partial charge < -0.3 is 10.4 Å². The maximum absolute atomic E-state index is 10.3. The molecule has 0 aromatic heterocycles. The van der Waals surface area contributed by atoms with Crippen molar-refractivity contribution in [3.8, 4) is 0 Å². The molecule has 0 unspecified atom stereocenters. The van der Waals surface area contributed by atoms with Crippen LogP contribution in [0.1, 0.15) is 51.4 Å². The lowest BCUT2D eigenvalue weighted by Gasteiger charge is -2.22. The largest absolute Gasteiger partial charge is 0.481 e. The summed E-state index contributed by atoms with van der Waals surface area (Å²) < 4.78 is 0. The Kier molecular flexibility index (Phi) is 6.41. The summed E-state index contributed by atoms with van der Waals surface area (Å²) in [4.78, 5) is 10.3. The maximum Gasteiger partial charge on any atom is 0.303 e. The van der Waals surface area contributed by atoms with Crippen molar-refractivity contribution >= 4 is 5.97 Å². The van der Waals surface area contributed by atoms with Gasteiger partial charge in [0.1, 0.15) is 0 Å². The third-order valence-electron chi connectivity index (χ3n) is 3.21. The number of rotatable bonds is 7. The molecule has 0 aromatic rings. The van der Waals surface area contributed by atoms with Crippen molar-refractivity contribution in [2.75, 3.05) is 13.1 Å². The van der Waals surface area contributed by atoms with Crippen molar-refractivity contribution in [3.05, 3.63) is 0 Å². The molecule has 0 amide bonds. The van der Waals surface area contributed by atoms with Gasteiger partial charge in [-0.2, -0.15) is 0 Å². The number of hydrogen-bond donors (Lipinski definition) is 2. The highest BCUT2D eigenvalue weighted by atomic mass is 16.4.